The van der Waals surface area contributed by atoms with Crippen LogP contribution in [0.3, 0.4) is 0 Å². The Hall–Kier alpha value is -2.27. The van der Waals surface area contributed by atoms with E-state index in [0.717, 1.165) is 48.1 Å². The van der Waals surface area contributed by atoms with Gasteiger partial charge in [-0.15, -0.1) is 10.2 Å². The van der Waals surface area contributed by atoms with Gasteiger partial charge in [0.15, 0.2) is 6.21 Å². The molecule has 1 aromatic carbocycles. The number of nitrogens with zero attached hydrogens (tertiary/aromatic N) is 1. The third kappa shape index (κ3) is 5.20. The molecule has 9 nitrogen and oxygen atoms in total. The minimum absolute atomic E-state index is 0.223. The molecule has 1 N–H and O–H groups in total. The molecule has 2 unspecified atom stereocenters. The monoisotopic (exact) mass is 466 g/mol. The lowest BCUT2D eigenvalue weighted by atomic mass is 9.84. The van der Waals surface area contributed by atoms with Crippen LogP contribution in [0.1, 0.15) is 31.0 Å². The molecule has 2 aliphatic heterocycles. The van der Waals surface area contributed by atoms with Crippen molar-refractivity contribution in [2.24, 2.45) is 5.92 Å². The molecule has 0 saturated heterocycles. The second-order valence-corrected chi connectivity index (χ2v) is 8.61. The van der Waals surface area contributed by atoms with Gasteiger partial charge in [0.05, 0.1) is 12.8 Å². The van der Waals surface area contributed by atoms with E-state index in [2.05, 4.69) is 34.8 Å². The van der Waals surface area contributed by atoms with Crippen molar-refractivity contribution >= 4 is 23.1 Å². The number of rotatable bonds is 3. The van der Waals surface area contributed by atoms with E-state index in [1.165, 1.54) is 12.7 Å². The Labute approximate surface area is 188 Å². The molecule has 3 heterocycles. The van der Waals surface area contributed by atoms with Crippen LogP contribution in [0.5, 0.6) is 0 Å². The van der Waals surface area contributed by atoms with Crippen molar-refractivity contribution in [1.29, 1.82) is 0 Å². The number of allylic oxidation sites excluding steroid dienone is 1. The van der Waals surface area contributed by atoms with Crippen LogP contribution in [0.2, 0.25) is 0 Å². The predicted octanol–water partition coefficient (Wildman–Crippen LogP) is -1.58. The van der Waals surface area contributed by atoms with Gasteiger partial charge in [-0.3, -0.25) is 0 Å². The standard InChI is InChI=1S/C22H27N2O3.ClHO4/c1-4-15-11-16-12-22(27-3,21(25)26-2)20-18(9-10-24(13-15)14-16)17-7-5-6-8-19(17)23-20;2-1(3,4)5/h5-8,11,13,16,23H,4,9-10,12,14H2,1-3H3;(H,2,3,4,5)/q+1;/p-1. The van der Waals surface area contributed by atoms with Crippen molar-refractivity contribution in [3.8, 4) is 0 Å². The zero-order chi connectivity index (χ0) is 23.5. The van der Waals surface area contributed by atoms with Crippen molar-refractivity contribution in [2.75, 3.05) is 27.3 Å². The van der Waals surface area contributed by atoms with Crippen LogP contribution in [0.15, 0.2) is 35.9 Å². The van der Waals surface area contributed by atoms with Gasteiger partial charge in [-0.05, 0) is 18.1 Å². The number of benzene rings is 1. The first-order chi connectivity index (χ1) is 15.1. The van der Waals surface area contributed by atoms with E-state index >= 15 is 0 Å². The Morgan fingerprint density at radius 1 is 1.25 bits per heavy atom. The molecule has 0 saturated carbocycles. The van der Waals surface area contributed by atoms with Crippen molar-refractivity contribution in [2.45, 2.75) is 31.8 Å². The first kappa shape index (κ1) is 24.4. The average Bonchev–Trinajstić information content (AvgIpc) is 3.13. The summed E-state index contributed by atoms with van der Waals surface area (Å²) in [5, 5.41) is 1.15. The molecule has 0 fully saturated rings. The highest BCUT2D eigenvalue weighted by Gasteiger charge is 2.48. The van der Waals surface area contributed by atoms with Gasteiger partial charge >= 0.3 is 5.97 Å². The lowest BCUT2D eigenvalue weighted by molar-refractivity contribution is -2.00. The number of hydrogen-bond acceptors (Lipinski definition) is 7. The Bertz CT molecular complexity index is 1030. The number of ether oxygens (including phenoxy) is 2. The highest BCUT2D eigenvalue weighted by molar-refractivity contribution is 5.89. The first-order valence-corrected chi connectivity index (χ1v) is 11.5. The SMILES string of the molecule is CCC1=CC2C[N+](=C1)CCc1c([nH]c3ccccc13)C(OC)(C(=O)OC)C2.[O-][Cl+3]([O-])([O-])[O-]. The summed E-state index contributed by atoms with van der Waals surface area (Å²) in [6, 6.07) is 8.21. The highest BCUT2D eigenvalue weighted by atomic mass is 35.7. The normalized spacial score (nSPS) is 22.9. The molecule has 4 rings (SSSR count). The molecular formula is C22H27ClN2O7. The topological polar surface area (TPSA) is 147 Å². The largest absolute Gasteiger partial charge is 0.467 e. The van der Waals surface area contributed by atoms with Gasteiger partial charge in [0.25, 0.3) is 0 Å². The minimum Gasteiger partial charge on any atom is -0.467 e. The van der Waals surface area contributed by atoms with E-state index < -0.39 is 15.8 Å². The highest BCUT2D eigenvalue weighted by Crippen LogP contribution is 2.40. The first-order valence-electron chi connectivity index (χ1n) is 10.3. The van der Waals surface area contributed by atoms with Crippen LogP contribution in [0.4, 0.5) is 0 Å². The van der Waals surface area contributed by atoms with Gasteiger partial charge in [-0.1, -0.05) is 31.2 Å². The molecule has 10 heteroatoms. The number of aromatic amines is 1. The minimum atomic E-state index is -4.94. The zero-order valence-corrected chi connectivity index (χ0v) is 19.0. The molecule has 2 atom stereocenters. The van der Waals surface area contributed by atoms with E-state index in [1.807, 2.05) is 18.2 Å². The molecule has 1 aromatic heterocycles. The molecule has 0 spiro atoms. The second-order valence-electron chi connectivity index (χ2n) is 7.86. The summed E-state index contributed by atoms with van der Waals surface area (Å²) in [5.41, 5.74) is 3.21. The number of H-pyrrole nitrogens is 1. The van der Waals surface area contributed by atoms with Crippen LogP contribution in [-0.2, 0) is 26.3 Å². The Morgan fingerprint density at radius 2 is 1.94 bits per heavy atom. The smallest absolute Gasteiger partial charge is 0.344 e. The lowest BCUT2D eigenvalue weighted by Crippen LogP contribution is -2.68. The van der Waals surface area contributed by atoms with Crippen LogP contribution in [-0.4, -0.2) is 49.1 Å². The Morgan fingerprint density at radius 3 is 2.56 bits per heavy atom. The molecule has 0 aliphatic carbocycles. The van der Waals surface area contributed by atoms with Gasteiger partial charge in [0, 0.05) is 42.3 Å². The molecule has 2 bridgehead atoms. The molecule has 2 aliphatic rings. The van der Waals surface area contributed by atoms with Crippen LogP contribution in [0.25, 0.3) is 10.9 Å². The maximum absolute atomic E-state index is 13.0. The Balaban J connectivity index is 0.000000523. The average molecular weight is 467 g/mol. The number of hydrogen-bond donors (Lipinski definition) is 1. The zero-order valence-electron chi connectivity index (χ0n) is 18.3. The van der Waals surface area contributed by atoms with Crippen LogP contribution < -0.4 is 18.6 Å². The van der Waals surface area contributed by atoms with Crippen molar-refractivity contribution in [3.63, 3.8) is 0 Å². The molecule has 0 radical (unpaired) electrons. The lowest BCUT2D eigenvalue weighted by Gasteiger charge is -2.31. The van der Waals surface area contributed by atoms with E-state index in [1.54, 1.807) is 7.11 Å². The fourth-order valence-corrected chi connectivity index (χ4v) is 4.63. The fraction of sp³-hybridized carbons (Fsp3) is 0.455. The number of fused-ring (bicyclic) bond motifs is 5. The molecule has 32 heavy (non-hydrogen) atoms. The molecule has 174 valence electrons. The van der Waals surface area contributed by atoms with Gasteiger partial charge in [0.2, 0.25) is 5.60 Å². The third-order valence-corrected chi connectivity index (χ3v) is 5.96. The third-order valence-electron chi connectivity index (χ3n) is 5.96. The van der Waals surface area contributed by atoms with E-state index in [4.69, 9.17) is 28.1 Å². The van der Waals surface area contributed by atoms with Crippen molar-refractivity contribution in [3.05, 3.63) is 47.2 Å². The number of carbonyl (C=O) groups excluding carboxylic acids is 1. The summed E-state index contributed by atoms with van der Waals surface area (Å²) in [5.74, 6) is -0.117. The number of para-hydroxylation sites is 1. The fourth-order valence-electron chi connectivity index (χ4n) is 4.63. The molecular weight excluding hydrogens is 440 g/mol. The van der Waals surface area contributed by atoms with Gasteiger partial charge in [-0.25, -0.2) is 28.0 Å². The van der Waals surface area contributed by atoms with Crippen molar-refractivity contribution < 1.29 is 47.7 Å². The number of carbonyl (C=O) groups is 1. The maximum Gasteiger partial charge on any atom is 0.344 e. The van der Waals surface area contributed by atoms with E-state index in [0.29, 0.717) is 6.42 Å². The van der Waals surface area contributed by atoms with Gasteiger partial charge in [0.1, 0.15) is 13.1 Å². The van der Waals surface area contributed by atoms with Gasteiger partial charge < -0.3 is 14.5 Å². The van der Waals surface area contributed by atoms with Gasteiger partial charge in [-0.2, -0.15) is 0 Å². The number of methoxy groups -OCH3 is 2. The second kappa shape index (κ2) is 9.70. The number of halogens is 1. The summed E-state index contributed by atoms with van der Waals surface area (Å²) in [4.78, 5) is 16.5. The van der Waals surface area contributed by atoms with E-state index in [-0.39, 0.29) is 11.9 Å². The summed E-state index contributed by atoms with van der Waals surface area (Å²) in [6.45, 7) is 3.99. The predicted molar refractivity (Wildman–Crippen MR) is 105 cm³/mol. The number of nitrogens with one attached hydrogen (secondary N) is 1. The number of aromatic nitrogens is 1. The summed E-state index contributed by atoms with van der Waals surface area (Å²) >= 11 is 0. The quantitative estimate of drug-likeness (QED) is 0.424. The maximum atomic E-state index is 13.0. The summed E-state index contributed by atoms with van der Waals surface area (Å²) in [6.07, 6.45) is 6.95. The van der Waals surface area contributed by atoms with Crippen LogP contribution in [0, 0.1) is 16.2 Å². The summed E-state index contributed by atoms with van der Waals surface area (Å²) < 4.78 is 47.6. The molecule has 0 amide bonds. The van der Waals surface area contributed by atoms with E-state index in [9.17, 15) is 4.79 Å². The Kier molecular flexibility index (Phi) is 7.39. The van der Waals surface area contributed by atoms with Crippen molar-refractivity contribution in [1.82, 2.24) is 4.98 Å². The molecule has 2 aromatic rings. The van der Waals surface area contributed by atoms with Crippen LogP contribution >= 0.6 is 0 Å². The number of esters is 1. The summed E-state index contributed by atoms with van der Waals surface area (Å²) in [7, 11) is -1.90.